The van der Waals surface area contributed by atoms with Crippen molar-refractivity contribution in [3.05, 3.63) is 59.4 Å². The summed E-state index contributed by atoms with van der Waals surface area (Å²) in [5.41, 5.74) is 3.62. The molecule has 2 heterocycles. The zero-order valence-electron chi connectivity index (χ0n) is 15.1. The van der Waals surface area contributed by atoms with Gasteiger partial charge in [0.2, 0.25) is 0 Å². The highest BCUT2D eigenvalue weighted by Gasteiger charge is 2.33. The van der Waals surface area contributed by atoms with Gasteiger partial charge < -0.3 is 4.98 Å². The number of hydrogen-bond donors (Lipinski definition) is 2. The van der Waals surface area contributed by atoms with Gasteiger partial charge in [0.1, 0.15) is 11.2 Å². The number of imidazole rings is 1. The van der Waals surface area contributed by atoms with E-state index in [4.69, 9.17) is 4.98 Å². The summed E-state index contributed by atoms with van der Waals surface area (Å²) in [6, 6.07) is 13.1. The molecule has 1 saturated carbocycles. The topological polar surface area (TPSA) is 74.8 Å². The lowest BCUT2D eigenvalue weighted by molar-refractivity contribution is 0.542. The molecule has 1 aliphatic carbocycles. The number of aromatic nitrogens is 2. The zero-order chi connectivity index (χ0) is 18.4. The number of sulfone groups is 1. The minimum atomic E-state index is -3.54. The number of aromatic amines is 1. The van der Waals surface area contributed by atoms with Crippen molar-refractivity contribution < 1.29 is 8.42 Å². The molecular formula is C21H23N3O2S. The van der Waals surface area contributed by atoms with Crippen molar-refractivity contribution in [2.45, 2.75) is 48.3 Å². The van der Waals surface area contributed by atoms with E-state index in [2.05, 4.69) is 10.3 Å². The van der Waals surface area contributed by atoms with Crippen LogP contribution < -0.4 is 5.32 Å². The highest BCUT2D eigenvalue weighted by atomic mass is 32.2. The van der Waals surface area contributed by atoms with E-state index in [1.807, 2.05) is 30.3 Å². The third-order valence-corrected chi connectivity index (χ3v) is 7.87. The molecule has 0 radical (unpaired) electrons. The molecule has 0 bridgehead atoms. The predicted octanol–water partition coefficient (Wildman–Crippen LogP) is 3.84. The monoisotopic (exact) mass is 381 g/mol. The SMILES string of the molecule is O=S(=O)(c1ccc2nc(C3CCCC3)[nH]c2c1)C1NCCc2ccccc21. The smallest absolute Gasteiger partial charge is 0.198 e. The molecule has 1 aliphatic heterocycles. The first-order valence-electron chi connectivity index (χ1n) is 9.68. The summed E-state index contributed by atoms with van der Waals surface area (Å²) >= 11 is 0. The molecular weight excluding hydrogens is 358 g/mol. The van der Waals surface area contributed by atoms with Crippen LogP contribution in [0.3, 0.4) is 0 Å². The van der Waals surface area contributed by atoms with Crippen LogP contribution in [0.25, 0.3) is 11.0 Å². The normalized spacial score (nSPS) is 20.8. The lowest BCUT2D eigenvalue weighted by Gasteiger charge is -2.26. The van der Waals surface area contributed by atoms with Crippen LogP contribution in [-0.4, -0.2) is 24.9 Å². The van der Waals surface area contributed by atoms with E-state index in [0.29, 0.717) is 17.4 Å². The molecule has 1 unspecified atom stereocenters. The van der Waals surface area contributed by atoms with Crippen molar-refractivity contribution in [1.29, 1.82) is 0 Å². The Balaban J connectivity index is 1.54. The largest absolute Gasteiger partial charge is 0.342 e. The van der Waals surface area contributed by atoms with Crippen LogP contribution in [-0.2, 0) is 16.3 Å². The summed E-state index contributed by atoms with van der Waals surface area (Å²) < 4.78 is 26.7. The van der Waals surface area contributed by atoms with Gasteiger partial charge >= 0.3 is 0 Å². The number of nitrogens with one attached hydrogen (secondary N) is 2. The van der Waals surface area contributed by atoms with E-state index in [9.17, 15) is 8.42 Å². The molecule has 140 valence electrons. The molecule has 27 heavy (non-hydrogen) atoms. The van der Waals surface area contributed by atoms with Gasteiger partial charge in [-0.05, 0) is 48.6 Å². The van der Waals surface area contributed by atoms with Gasteiger partial charge in [-0.1, -0.05) is 37.1 Å². The van der Waals surface area contributed by atoms with Crippen molar-refractivity contribution >= 4 is 20.9 Å². The van der Waals surface area contributed by atoms with Crippen LogP contribution in [0.2, 0.25) is 0 Å². The van der Waals surface area contributed by atoms with Crippen LogP contribution >= 0.6 is 0 Å². The van der Waals surface area contributed by atoms with E-state index in [1.54, 1.807) is 12.1 Å². The molecule has 3 aromatic rings. The van der Waals surface area contributed by atoms with Crippen molar-refractivity contribution in [1.82, 2.24) is 15.3 Å². The first kappa shape index (κ1) is 17.0. The van der Waals surface area contributed by atoms with Crippen LogP contribution in [0.1, 0.15) is 53.9 Å². The minimum absolute atomic E-state index is 0.339. The molecule has 0 saturated heterocycles. The second kappa shape index (κ2) is 6.46. The van der Waals surface area contributed by atoms with Crippen molar-refractivity contribution in [3.63, 3.8) is 0 Å². The highest BCUT2D eigenvalue weighted by molar-refractivity contribution is 7.91. The molecule has 5 rings (SSSR count). The Labute approximate surface area is 159 Å². The van der Waals surface area contributed by atoms with Gasteiger partial charge in [-0.3, -0.25) is 5.32 Å². The van der Waals surface area contributed by atoms with E-state index >= 15 is 0 Å². The molecule has 1 atom stereocenters. The standard InChI is InChI=1S/C21H23N3O2S/c25-27(26,21-17-8-4-3-5-14(17)11-12-22-21)16-9-10-18-19(13-16)24-20(23-18)15-6-1-2-7-15/h3-5,8-10,13,15,21-22H,1-2,6-7,11-12H2,(H,23,24). The maximum atomic E-state index is 13.4. The Kier molecular flexibility index (Phi) is 4.06. The van der Waals surface area contributed by atoms with Gasteiger partial charge in [-0.25, -0.2) is 13.4 Å². The molecule has 1 fully saturated rings. The van der Waals surface area contributed by atoms with Gasteiger partial charge in [0, 0.05) is 12.5 Å². The third kappa shape index (κ3) is 2.87. The second-order valence-electron chi connectivity index (χ2n) is 7.61. The van der Waals surface area contributed by atoms with Crippen LogP contribution in [0.4, 0.5) is 0 Å². The molecule has 5 nitrogen and oxygen atoms in total. The summed E-state index contributed by atoms with van der Waals surface area (Å²) in [4.78, 5) is 8.42. The number of benzene rings is 2. The molecule has 2 N–H and O–H groups in total. The fraction of sp³-hybridized carbons (Fsp3) is 0.381. The molecule has 1 aromatic heterocycles. The average Bonchev–Trinajstić information content (AvgIpc) is 3.36. The van der Waals surface area contributed by atoms with E-state index < -0.39 is 15.2 Å². The number of rotatable bonds is 3. The Morgan fingerprint density at radius 1 is 1.04 bits per heavy atom. The minimum Gasteiger partial charge on any atom is -0.342 e. The highest BCUT2D eigenvalue weighted by Crippen LogP contribution is 2.35. The van der Waals surface area contributed by atoms with Crippen molar-refractivity contribution in [3.8, 4) is 0 Å². The van der Waals surface area contributed by atoms with Gasteiger partial charge in [0.05, 0.1) is 15.9 Å². The van der Waals surface area contributed by atoms with Crippen molar-refractivity contribution in [2.75, 3.05) is 6.54 Å². The fourth-order valence-corrected chi connectivity index (χ4v) is 6.17. The first-order valence-corrected chi connectivity index (χ1v) is 11.2. The van der Waals surface area contributed by atoms with E-state index in [1.165, 1.54) is 12.8 Å². The summed E-state index contributed by atoms with van der Waals surface area (Å²) in [6.45, 7) is 0.666. The Hall–Kier alpha value is -2.18. The van der Waals surface area contributed by atoms with Gasteiger partial charge in [0.25, 0.3) is 0 Å². The van der Waals surface area contributed by atoms with Crippen LogP contribution in [0.15, 0.2) is 47.4 Å². The number of nitrogens with zero attached hydrogens (tertiary/aromatic N) is 1. The second-order valence-corrected chi connectivity index (χ2v) is 9.64. The average molecular weight is 382 g/mol. The zero-order valence-corrected chi connectivity index (χ0v) is 15.9. The van der Waals surface area contributed by atoms with Gasteiger partial charge in [-0.15, -0.1) is 0 Å². The van der Waals surface area contributed by atoms with E-state index in [0.717, 1.165) is 47.2 Å². The quantitative estimate of drug-likeness (QED) is 0.723. The number of fused-ring (bicyclic) bond motifs is 2. The molecule has 2 aliphatic rings. The summed E-state index contributed by atoms with van der Waals surface area (Å²) in [7, 11) is -3.54. The van der Waals surface area contributed by atoms with E-state index in [-0.39, 0.29) is 0 Å². The Morgan fingerprint density at radius 3 is 2.70 bits per heavy atom. The van der Waals surface area contributed by atoms with Crippen LogP contribution in [0, 0.1) is 0 Å². The summed E-state index contributed by atoms with van der Waals surface area (Å²) in [6.07, 6.45) is 5.66. The molecule has 6 heteroatoms. The molecule has 2 aromatic carbocycles. The predicted molar refractivity (Wildman–Crippen MR) is 105 cm³/mol. The Morgan fingerprint density at radius 2 is 1.85 bits per heavy atom. The summed E-state index contributed by atoms with van der Waals surface area (Å²) in [5, 5.41) is 2.50. The number of H-pyrrole nitrogens is 1. The van der Waals surface area contributed by atoms with Gasteiger partial charge in [-0.2, -0.15) is 0 Å². The number of hydrogen-bond acceptors (Lipinski definition) is 4. The Bertz CT molecular complexity index is 1100. The maximum absolute atomic E-state index is 13.4. The maximum Gasteiger partial charge on any atom is 0.198 e. The lowest BCUT2D eigenvalue weighted by Crippen LogP contribution is -2.35. The summed E-state index contributed by atoms with van der Waals surface area (Å²) in [5.74, 6) is 1.47. The first-order chi connectivity index (χ1) is 13.1. The fourth-order valence-electron chi connectivity index (χ4n) is 4.46. The van der Waals surface area contributed by atoms with Gasteiger partial charge in [0.15, 0.2) is 9.84 Å². The third-order valence-electron chi connectivity index (χ3n) is 5.91. The lowest BCUT2D eigenvalue weighted by atomic mass is 10.0. The molecule has 0 spiro atoms. The molecule has 0 amide bonds. The van der Waals surface area contributed by atoms with Crippen LogP contribution in [0.5, 0.6) is 0 Å². The van der Waals surface area contributed by atoms with Crippen molar-refractivity contribution in [2.24, 2.45) is 0 Å².